The topological polar surface area (TPSA) is 0 Å². The summed E-state index contributed by atoms with van der Waals surface area (Å²) in [5.41, 5.74) is 0. The second kappa shape index (κ2) is 43.5. The molecular formula is C8H24CoMo2NS8-. The summed E-state index contributed by atoms with van der Waals surface area (Å²) in [6, 6.07) is 0. The molecule has 0 saturated heterocycles. The molecule has 0 aliphatic carbocycles. The van der Waals surface area contributed by atoms with Gasteiger partial charge in [-0.1, -0.05) is 0 Å². The third kappa shape index (κ3) is 38.0. The fourth-order valence-electron chi connectivity index (χ4n) is 1.34. The summed E-state index contributed by atoms with van der Waals surface area (Å²) in [6.45, 7) is 14.2. The first-order chi connectivity index (χ1) is 7.07. The molecule has 0 aliphatic heterocycles. The van der Waals surface area contributed by atoms with Crippen molar-refractivity contribution < 1.29 is 51.1 Å². The predicted octanol–water partition coefficient (Wildman–Crippen LogP) is 3.39. The van der Waals surface area contributed by atoms with Crippen LogP contribution in [0.3, 0.4) is 0 Å². The third-order valence-electron chi connectivity index (χ3n) is 2.68. The van der Waals surface area contributed by atoms with Crippen molar-refractivity contribution in [1.82, 2.24) is 0 Å². The number of thiol groups is 4. The van der Waals surface area contributed by atoms with Gasteiger partial charge < -0.3 is 58.5 Å². The minimum atomic E-state index is -0.363. The zero-order chi connectivity index (χ0) is 12.7. The van der Waals surface area contributed by atoms with E-state index in [1.165, 1.54) is 30.7 Å². The van der Waals surface area contributed by atoms with Crippen LogP contribution in [0.1, 0.15) is 27.7 Å². The standard InChI is InChI=1S/C8H20N.Co.2Mo.4H2S.4S/c1-5-9(6-2,7-3)8-4;;;;;;;;;;;/h5-8H2,1-4H3;;;;4*1H2;;;;/q+1;+2;;;;;;;;;;/p-4. The Kier molecular flexibility index (Phi) is 108. The monoisotopic (exact) mass is 645 g/mol. The minimum absolute atomic E-state index is 0. The van der Waals surface area contributed by atoms with E-state index >= 15 is 0 Å². The van der Waals surface area contributed by atoms with Crippen LogP contribution in [0, 0.1) is 0 Å². The van der Waals surface area contributed by atoms with Crippen molar-refractivity contribution in [3.05, 3.63) is 0 Å². The van der Waals surface area contributed by atoms with Crippen molar-refractivity contribution in [3.63, 3.8) is 0 Å². The quantitative estimate of drug-likeness (QED) is 0.196. The summed E-state index contributed by atoms with van der Waals surface area (Å²) in [5, 5.41) is 0. The summed E-state index contributed by atoms with van der Waals surface area (Å²) in [7, 11) is 17.4. The van der Waals surface area contributed by atoms with E-state index in [0.717, 1.165) is 0 Å². The van der Waals surface area contributed by atoms with E-state index < -0.39 is 0 Å². The van der Waals surface area contributed by atoms with Crippen LogP contribution in [-0.2, 0) is 101 Å². The molecule has 0 unspecified atom stereocenters. The van der Waals surface area contributed by atoms with Crippen molar-refractivity contribution in [1.29, 1.82) is 0 Å². The number of quaternary nitrogens is 1. The van der Waals surface area contributed by atoms with E-state index in [-0.39, 0.29) is 101 Å². The van der Waals surface area contributed by atoms with Gasteiger partial charge >= 0.3 is 85.9 Å². The zero-order valence-corrected chi connectivity index (χ0v) is 23.7. The van der Waals surface area contributed by atoms with Gasteiger partial charge in [-0.05, 0) is 27.7 Å². The summed E-state index contributed by atoms with van der Waals surface area (Å²) >= 11 is -0.727. The first-order valence-corrected chi connectivity index (χ1v) is 15.9. The van der Waals surface area contributed by atoms with Gasteiger partial charge in [0.05, 0.1) is 26.2 Å². The molecule has 0 rings (SSSR count). The van der Waals surface area contributed by atoms with Gasteiger partial charge in [0.15, 0.2) is 0 Å². The van der Waals surface area contributed by atoms with E-state index in [4.69, 9.17) is 0 Å². The molecule has 1 radical (unpaired) electrons. The van der Waals surface area contributed by atoms with Crippen molar-refractivity contribution in [2.75, 3.05) is 26.2 Å². The summed E-state index contributed by atoms with van der Waals surface area (Å²) < 4.78 is 1.28. The van der Waals surface area contributed by atoms with Crippen molar-refractivity contribution in [2.24, 2.45) is 0 Å². The molecule has 0 amide bonds. The summed E-state index contributed by atoms with van der Waals surface area (Å²) in [5.74, 6) is 0. The average Bonchev–Trinajstić information content (AvgIpc) is 2.24. The number of nitrogens with zero attached hydrogens (tertiary/aromatic N) is 1. The third-order valence-corrected chi connectivity index (χ3v) is 2.68. The normalized spacial score (nSPS) is 6.60. The molecule has 0 heterocycles. The molecule has 0 aromatic carbocycles. The number of hydrogen-bond acceptors (Lipinski definition) is 8. The fourth-order valence-corrected chi connectivity index (χ4v) is 1.34. The second-order valence-electron chi connectivity index (χ2n) is 2.74. The van der Waals surface area contributed by atoms with Crippen LogP contribution in [0.25, 0.3) is 0 Å². The Hall–Kier alpha value is 4.12. The molecule has 0 spiro atoms. The van der Waals surface area contributed by atoms with Crippen LogP contribution in [0.4, 0.5) is 0 Å². The molecule has 0 bridgehead atoms. The van der Waals surface area contributed by atoms with Crippen LogP contribution >= 0.6 is 39.3 Å². The molecule has 0 saturated carbocycles. The van der Waals surface area contributed by atoms with Crippen molar-refractivity contribution in [3.8, 4) is 0 Å². The van der Waals surface area contributed by atoms with Gasteiger partial charge in [0.1, 0.15) is 0 Å². The molecule has 12 heteroatoms. The molecule has 131 valence electrons. The molecule has 20 heavy (non-hydrogen) atoms. The van der Waals surface area contributed by atoms with Crippen molar-refractivity contribution in [2.45, 2.75) is 27.7 Å². The van der Waals surface area contributed by atoms with E-state index in [1.54, 1.807) is 0 Å². The van der Waals surface area contributed by atoms with Crippen LogP contribution in [0.2, 0.25) is 0 Å². The van der Waals surface area contributed by atoms with Crippen LogP contribution in [0.15, 0.2) is 0 Å². The summed E-state index contributed by atoms with van der Waals surface area (Å²) in [4.78, 5) is 0. The molecule has 0 aliphatic rings. The predicted molar refractivity (Wildman–Crippen MR) is 108 cm³/mol. The average molecular weight is 642 g/mol. The van der Waals surface area contributed by atoms with Gasteiger partial charge in [-0.25, -0.2) is 0 Å². The van der Waals surface area contributed by atoms with Gasteiger partial charge in [-0.2, -0.15) is 0 Å². The Bertz CT molecular complexity index is 177. The van der Waals surface area contributed by atoms with Gasteiger partial charge in [0, 0.05) is 0 Å². The molecule has 0 atom stereocenters. The maximum atomic E-state index is 4.34. The van der Waals surface area contributed by atoms with E-state index in [1.807, 2.05) is 0 Å². The second-order valence-corrected chi connectivity index (χ2v) is 9.85. The molecular weight excluding hydrogens is 617 g/mol. The molecule has 0 fully saturated rings. The number of hydrogen-bond donors (Lipinski definition) is 0. The fraction of sp³-hybridized carbons (Fsp3) is 1.00. The number of rotatable bonds is 4. The summed E-state index contributed by atoms with van der Waals surface area (Å²) in [6.07, 6.45) is 0. The Labute approximate surface area is 195 Å². The van der Waals surface area contributed by atoms with E-state index in [9.17, 15) is 0 Å². The van der Waals surface area contributed by atoms with Crippen LogP contribution in [-0.4, -0.2) is 30.7 Å². The van der Waals surface area contributed by atoms with Gasteiger partial charge in [0.2, 0.25) is 0 Å². The van der Waals surface area contributed by atoms with E-state index in [2.05, 4.69) is 67.0 Å². The first kappa shape index (κ1) is 49.6. The molecule has 0 aromatic heterocycles. The van der Waals surface area contributed by atoms with Gasteiger partial charge in [0.25, 0.3) is 0 Å². The molecule has 0 N–H and O–H groups in total. The van der Waals surface area contributed by atoms with Crippen molar-refractivity contribution >= 4 is 93.3 Å². The Morgan fingerprint density at radius 1 is 0.600 bits per heavy atom. The maximum absolute atomic E-state index is 4.34. The van der Waals surface area contributed by atoms with Crippen LogP contribution in [0.5, 0.6) is 0 Å². The Balaban J connectivity index is -0.0000000193. The molecule has 1 nitrogen and oxygen atoms in total. The van der Waals surface area contributed by atoms with Gasteiger partial charge in [-0.15, -0.1) is 0 Å². The molecule has 0 aromatic rings. The Morgan fingerprint density at radius 2 is 0.700 bits per heavy atom. The first-order valence-electron chi connectivity index (χ1n) is 4.76. The van der Waals surface area contributed by atoms with Crippen LogP contribution < -0.4 is 0 Å². The van der Waals surface area contributed by atoms with Gasteiger partial charge in [-0.3, -0.25) is 0 Å². The Morgan fingerprint density at radius 3 is 0.700 bits per heavy atom. The SMILES string of the molecule is CC[N+](CC)(CC)CC.[Co+2].[SH-].[SH-].[SH-].[SH-].[S]=[Mo]=[S].[S]=[Mo]=[S]. The zero-order valence-electron chi connectivity index (χ0n) is 11.8. The van der Waals surface area contributed by atoms with E-state index in [0.29, 0.717) is 0 Å².